The first-order valence-corrected chi connectivity index (χ1v) is 7.73. The zero-order valence-corrected chi connectivity index (χ0v) is 13.3. The molecule has 1 aliphatic heterocycles. The number of likely N-dealkylation sites (tertiary alicyclic amines) is 1. The van der Waals surface area contributed by atoms with Crippen molar-refractivity contribution in [3.63, 3.8) is 0 Å². The van der Waals surface area contributed by atoms with Crippen LogP contribution in [0.1, 0.15) is 37.3 Å². The number of benzene rings is 1. The zero-order valence-electron chi connectivity index (χ0n) is 13.3. The molecule has 3 heteroatoms. The number of nitrogens with one attached hydrogen (secondary N) is 1. The Balaban J connectivity index is 1.78. The summed E-state index contributed by atoms with van der Waals surface area (Å²) in [6.45, 7) is 10.7. The lowest BCUT2D eigenvalue weighted by Crippen LogP contribution is -2.31. The zero-order chi connectivity index (χ0) is 14.5. The topological polar surface area (TPSA) is 24.5 Å². The Morgan fingerprint density at radius 1 is 1.40 bits per heavy atom. The quantitative estimate of drug-likeness (QED) is 0.864. The highest BCUT2D eigenvalue weighted by atomic mass is 16.5. The molecule has 1 fully saturated rings. The highest BCUT2D eigenvalue weighted by molar-refractivity contribution is 5.36. The molecule has 1 aromatic rings. The number of hydrogen-bond donors (Lipinski definition) is 1. The second-order valence-electron chi connectivity index (χ2n) is 6.10. The van der Waals surface area contributed by atoms with Gasteiger partial charge >= 0.3 is 0 Å². The van der Waals surface area contributed by atoms with E-state index in [4.69, 9.17) is 4.74 Å². The summed E-state index contributed by atoms with van der Waals surface area (Å²) in [7, 11) is 2.05. The van der Waals surface area contributed by atoms with Crippen LogP contribution in [0, 0.1) is 6.92 Å². The van der Waals surface area contributed by atoms with E-state index in [0.717, 1.165) is 25.4 Å². The maximum Gasteiger partial charge on any atom is 0.119 e. The van der Waals surface area contributed by atoms with Crippen molar-refractivity contribution >= 4 is 0 Å². The highest BCUT2D eigenvalue weighted by Gasteiger charge is 2.20. The molecule has 2 rings (SSSR count). The van der Waals surface area contributed by atoms with Gasteiger partial charge in [-0.3, -0.25) is 4.90 Å². The van der Waals surface area contributed by atoms with E-state index in [1.54, 1.807) is 0 Å². The van der Waals surface area contributed by atoms with Crippen molar-refractivity contribution in [2.24, 2.45) is 0 Å². The fraction of sp³-hybridized carbons (Fsp3) is 0.647. The van der Waals surface area contributed by atoms with Crippen molar-refractivity contribution in [2.75, 3.05) is 33.3 Å². The van der Waals surface area contributed by atoms with E-state index in [-0.39, 0.29) is 0 Å². The van der Waals surface area contributed by atoms with Gasteiger partial charge in [-0.05, 0) is 56.1 Å². The van der Waals surface area contributed by atoms with E-state index in [1.165, 1.54) is 24.1 Å². The van der Waals surface area contributed by atoms with E-state index < -0.39 is 0 Å². The summed E-state index contributed by atoms with van der Waals surface area (Å²) in [6, 6.07) is 7.11. The highest BCUT2D eigenvalue weighted by Crippen LogP contribution is 2.23. The average Bonchev–Trinajstić information content (AvgIpc) is 2.86. The van der Waals surface area contributed by atoms with Gasteiger partial charge in [0, 0.05) is 19.1 Å². The Labute approximate surface area is 123 Å². The molecule has 1 aromatic carbocycles. The predicted octanol–water partition coefficient (Wildman–Crippen LogP) is 2.79. The van der Waals surface area contributed by atoms with E-state index in [0.29, 0.717) is 12.0 Å². The van der Waals surface area contributed by atoms with Crippen molar-refractivity contribution in [3.05, 3.63) is 29.3 Å². The summed E-state index contributed by atoms with van der Waals surface area (Å²) in [6.07, 6.45) is 1.25. The largest absolute Gasteiger partial charge is 0.492 e. The van der Waals surface area contributed by atoms with Gasteiger partial charge < -0.3 is 10.1 Å². The number of hydrogen-bond acceptors (Lipinski definition) is 3. The normalized spacial score (nSPS) is 19.8. The van der Waals surface area contributed by atoms with Gasteiger partial charge in [0.2, 0.25) is 0 Å². The molecule has 20 heavy (non-hydrogen) atoms. The fourth-order valence-corrected chi connectivity index (χ4v) is 2.95. The number of likely N-dealkylation sites (N-methyl/N-ethyl adjacent to an activating group) is 1. The van der Waals surface area contributed by atoms with Crippen LogP contribution >= 0.6 is 0 Å². The van der Waals surface area contributed by atoms with Crippen LogP contribution in [0.2, 0.25) is 0 Å². The lowest BCUT2D eigenvalue weighted by atomic mass is 9.98. The lowest BCUT2D eigenvalue weighted by Gasteiger charge is -2.17. The molecule has 0 radical (unpaired) electrons. The van der Waals surface area contributed by atoms with Crippen molar-refractivity contribution < 1.29 is 4.74 Å². The van der Waals surface area contributed by atoms with E-state index >= 15 is 0 Å². The maximum atomic E-state index is 5.89. The second-order valence-corrected chi connectivity index (χ2v) is 6.10. The van der Waals surface area contributed by atoms with Crippen LogP contribution in [0.25, 0.3) is 0 Å². The smallest absolute Gasteiger partial charge is 0.119 e. The third kappa shape index (κ3) is 3.97. The van der Waals surface area contributed by atoms with Gasteiger partial charge in [-0.15, -0.1) is 0 Å². The molecule has 0 amide bonds. The van der Waals surface area contributed by atoms with Gasteiger partial charge in [-0.1, -0.05) is 19.9 Å². The van der Waals surface area contributed by atoms with Crippen LogP contribution in [-0.4, -0.2) is 44.2 Å². The molecule has 1 heterocycles. The third-order valence-corrected chi connectivity index (χ3v) is 4.22. The van der Waals surface area contributed by atoms with Crippen LogP contribution < -0.4 is 10.1 Å². The van der Waals surface area contributed by atoms with Crippen molar-refractivity contribution in [3.8, 4) is 5.75 Å². The molecule has 0 saturated carbocycles. The first-order chi connectivity index (χ1) is 9.60. The fourth-order valence-electron chi connectivity index (χ4n) is 2.95. The van der Waals surface area contributed by atoms with E-state index in [1.807, 2.05) is 7.05 Å². The molecule has 3 nitrogen and oxygen atoms in total. The monoisotopic (exact) mass is 276 g/mol. The minimum Gasteiger partial charge on any atom is -0.492 e. The molecule has 1 N–H and O–H groups in total. The molecule has 0 spiro atoms. The molecule has 0 aromatic heterocycles. The van der Waals surface area contributed by atoms with Gasteiger partial charge in [0.1, 0.15) is 12.4 Å². The molecule has 1 atom stereocenters. The number of rotatable bonds is 6. The molecular weight excluding hydrogens is 248 g/mol. The second kappa shape index (κ2) is 7.09. The van der Waals surface area contributed by atoms with Crippen LogP contribution in [0.3, 0.4) is 0 Å². The minimum atomic E-state index is 0.576. The van der Waals surface area contributed by atoms with E-state index in [2.05, 4.69) is 49.2 Å². The lowest BCUT2D eigenvalue weighted by molar-refractivity contribution is 0.235. The Kier molecular flexibility index (Phi) is 5.44. The van der Waals surface area contributed by atoms with Crippen LogP contribution in [0.4, 0.5) is 0 Å². The van der Waals surface area contributed by atoms with Gasteiger partial charge in [0.05, 0.1) is 0 Å². The Morgan fingerprint density at radius 3 is 2.80 bits per heavy atom. The van der Waals surface area contributed by atoms with Crippen molar-refractivity contribution in [1.82, 2.24) is 10.2 Å². The van der Waals surface area contributed by atoms with Gasteiger partial charge in [-0.2, -0.15) is 0 Å². The standard InChI is InChI=1S/C17H28N2O/c1-13(2)17-6-5-16(11-14(17)3)20-10-9-19-8-7-15(12-19)18-4/h5-6,11,13,15,18H,7-10,12H2,1-4H3. The first-order valence-electron chi connectivity index (χ1n) is 7.73. The Bertz CT molecular complexity index is 431. The van der Waals surface area contributed by atoms with Gasteiger partial charge in [0.15, 0.2) is 0 Å². The van der Waals surface area contributed by atoms with Crippen molar-refractivity contribution in [1.29, 1.82) is 0 Å². The molecule has 1 unspecified atom stereocenters. The van der Waals surface area contributed by atoms with Crippen LogP contribution in [0.5, 0.6) is 5.75 Å². The molecule has 1 saturated heterocycles. The summed E-state index contributed by atoms with van der Waals surface area (Å²) >= 11 is 0. The summed E-state index contributed by atoms with van der Waals surface area (Å²) < 4.78 is 5.89. The third-order valence-electron chi connectivity index (χ3n) is 4.22. The summed E-state index contributed by atoms with van der Waals surface area (Å²) in [5.74, 6) is 1.57. The van der Waals surface area contributed by atoms with E-state index in [9.17, 15) is 0 Å². The van der Waals surface area contributed by atoms with Crippen LogP contribution in [-0.2, 0) is 0 Å². The summed E-state index contributed by atoms with van der Waals surface area (Å²) in [5, 5.41) is 3.34. The Morgan fingerprint density at radius 2 is 2.20 bits per heavy atom. The average molecular weight is 276 g/mol. The van der Waals surface area contributed by atoms with Gasteiger partial charge in [0.25, 0.3) is 0 Å². The number of ether oxygens (including phenoxy) is 1. The molecule has 112 valence electrons. The summed E-state index contributed by atoms with van der Waals surface area (Å²) in [4.78, 5) is 2.47. The number of nitrogens with zero attached hydrogens (tertiary/aromatic N) is 1. The minimum absolute atomic E-state index is 0.576. The Hall–Kier alpha value is -1.06. The van der Waals surface area contributed by atoms with Crippen molar-refractivity contribution in [2.45, 2.75) is 39.2 Å². The first kappa shape index (κ1) is 15.3. The molecule has 1 aliphatic rings. The number of aryl methyl sites for hydroxylation is 1. The molecule has 0 bridgehead atoms. The molecular formula is C17H28N2O. The van der Waals surface area contributed by atoms with Gasteiger partial charge in [-0.25, -0.2) is 0 Å². The maximum absolute atomic E-state index is 5.89. The SMILES string of the molecule is CNC1CCN(CCOc2ccc(C(C)C)c(C)c2)C1. The van der Waals surface area contributed by atoms with Crippen LogP contribution in [0.15, 0.2) is 18.2 Å². The predicted molar refractivity (Wildman–Crippen MR) is 84.7 cm³/mol. The molecule has 0 aliphatic carbocycles. The summed E-state index contributed by atoms with van der Waals surface area (Å²) in [5.41, 5.74) is 2.74.